The van der Waals surface area contributed by atoms with Crippen LogP contribution in [0.1, 0.15) is 49.5 Å². The fourth-order valence-electron chi connectivity index (χ4n) is 3.93. The molecule has 0 unspecified atom stereocenters. The van der Waals surface area contributed by atoms with Crippen LogP contribution >= 0.6 is 0 Å². The van der Waals surface area contributed by atoms with E-state index in [1.54, 1.807) is 12.4 Å². The van der Waals surface area contributed by atoms with Gasteiger partial charge in [-0.15, -0.1) is 0 Å². The van der Waals surface area contributed by atoms with Crippen LogP contribution in [0.3, 0.4) is 0 Å². The number of carbonyl (C=O) groups is 1. The van der Waals surface area contributed by atoms with Crippen LogP contribution in [0.2, 0.25) is 0 Å². The van der Waals surface area contributed by atoms with Crippen LogP contribution in [-0.4, -0.2) is 31.4 Å². The van der Waals surface area contributed by atoms with Gasteiger partial charge in [0.05, 0.1) is 10.9 Å². The standard InChI is InChI=1S/C23H24N4O2/c28-22(26(17-5-6-17)15-16-11-13-24-14-12-16)10-9-21-25-20-4-2-1-3-19(20)23(29)27(21)18-7-8-18/h1-4,11-14,17-18H,5-10,15H2. The molecule has 6 heteroatoms. The molecule has 2 heterocycles. The molecule has 1 aromatic carbocycles. The molecule has 29 heavy (non-hydrogen) atoms. The van der Waals surface area contributed by atoms with E-state index in [1.165, 1.54) is 0 Å². The van der Waals surface area contributed by atoms with Gasteiger partial charge in [0, 0.05) is 43.9 Å². The summed E-state index contributed by atoms with van der Waals surface area (Å²) in [5, 5.41) is 0.659. The summed E-state index contributed by atoms with van der Waals surface area (Å²) >= 11 is 0. The Bertz CT molecular complexity index is 1100. The predicted molar refractivity (Wildman–Crippen MR) is 110 cm³/mol. The lowest BCUT2D eigenvalue weighted by Crippen LogP contribution is -2.33. The minimum Gasteiger partial charge on any atom is -0.335 e. The first-order valence-corrected chi connectivity index (χ1v) is 10.4. The molecule has 0 saturated heterocycles. The molecule has 2 aliphatic carbocycles. The van der Waals surface area contributed by atoms with E-state index in [0.717, 1.165) is 37.1 Å². The van der Waals surface area contributed by atoms with Crippen LogP contribution in [-0.2, 0) is 17.8 Å². The van der Waals surface area contributed by atoms with E-state index in [0.29, 0.717) is 36.3 Å². The van der Waals surface area contributed by atoms with Crippen LogP contribution < -0.4 is 5.56 Å². The van der Waals surface area contributed by atoms with Gasteiger partial charge in [-0.05, 0) is 55.5 Å². The summed E-state index contributed by atoms with van der Waals surface area (Å²) in [7, 11) is 0. The first-order chi connectivity index (χ1) is 14.2. The molecule has 1 amide bonds. The Balaban J connectivity index is 1.37. The maximum atomic E-state index is 13.0. The second-order valence-corrected chi connectivity index (χ2v) is 8.06. The molecule has 0 aliphatic heterocycles. The molecule has 2 aromatic heterocycles. The first kappa shape index (κ1) is 18.0. The van der Waals surface area contributed by atoms with E-state index in [4.69, 9.17) is 4.98 Å². The second-order valence-electron chi connectivity index (χ2n) is 8.06. The van der Waals surface area contributed by atoms with Gasteiger partial charge in [0.25, 0.3) is 5.56 Å². The monoisotopic (exact) mass is 388 g/mol. The molecule has 0 bridgehead atoms. The minimum absolute atomic E-state index is 0.0244. The van der Waals surface area contributed by atoms with E-state index in [1.807, 2.05) is 45.9 Å². The van der Waals surface area contributed by atoms with Crippen molar-refractivity contribution in [1.29, 1.82) is 0 Å². The highest BCUT2D eigenvalue weighted by Crippen LogP contribution is 2.35. The van der Waals surface area contributed by atoms with Crippen molar-refractivity contribution >= 4 is 16.8 Å². The molecule has 5 rings (SSSR count). The quantitative estimate of drug-likeness (QED) is 0.623. The highest BCUT2D eigenvalue weighted by atomic mass is 16.2. The number of aromatic nitrogens is 3. The number of rotatable bonds is 7. The third kappa shape index (κ3) is 3.79. The summed E-state index contributed by atoms with van der Waals surface area (Å²) in [6.45, 7) is 0.618. The van der Waals surface area contributed by atoms with Gasteiger partial charge in [-0.25, -0.2) is 4.98 Å². The van der Waals surface area contributed by atoms with Crippen molar-refractivity contribution in [2.45, 2.75) is 57.2 Å². The van der Waals surface area contributed by atoms with Gasteiger partial charge in [-0.3, -0.25) is 19.1 Å². The fourth-order valence-corrected chi connectivity index (χ4v) is 3.93. The Morgan fingerprint density at radius 1 is 1.07 bits per heavy atom. The lowest BCUT2D eigenvalue weighted by molar-refractivity contribution is -0.132. The smallest absolute Gasteiger partial charge is 0.261 e. The summed E-state index contributed by atoms with van der Waals surface area (Å²) in [4.78, 5) is 36.8. The third-order valence-corrected chi connectivity index (χ3v) is 5.77. The molecule has 2 fully saturated rings. The molecule has 148 valence electrons. The first-order valence-electron chi connectivity index (χ1n) is 10.4. The van der Waals surface area contributed by atoms with Crippen molar-refractivity contribution in [2.75, 3.05) is 0 Å². The lowest BCUT2D eigenvalue weighted by atomic mass is 10.2. The number of para-hydroxylation sites is 1. The zero-order valence-corrected chi connectivity index (χ0v) is 16.3. The molecule has 0 N–H and O–H groups in total. The van der Waals surface area contributed by atoms with Gasteiger partial charge in [0.15, 0.2) is 0 Å². The van der Waals surface area contributed by atoms with E-state index < -0.39 is 0 Å². The summed E-state index contributed by atoms with van der Waals surface area (Å²) in [6, 6.07) is 12.0. The van der Waals surface area contributed by atoms with Crippen molar-refractivity contribution in [3.8, 4) is 0 Å². The minimum atomic E-state index is 0.0244. The SMILES string of the molecule is O=C(CCc1nc2ccccc2c(=O)n1C1CC1)N(Cc1ccncc1)C1CC1. The van der Waals surface area contributed by atoms with Crippen molar-refractivity contribution in [2.24, 2.45) is 0 Å². The van der Waals surface area contributed by atoms with Gasteiger partial charge < -0.3 is 4.90 Å². The van der Waals surface area contributed by atoms with Gasteiger partial charge in [0.1, 0.15) is 5.82 Å². The number of aryl methyl sites for hydroxylation is 1. The Hall–Kier alpha value is -3.02. The van der Waals surface area contributed by atoms with E-state index in [-0.39, 0.29) is 17.5 Å². The van der Waals surface area contributed by atoms with Gasteiger partial charge >= 0.3 is 0 Å². The maximum Gasteiger partial charge on any atom is 0.261 e. The zero-order valence-electron chi connectivity index (χ0n) is 16.3. The Morgan fingerprint density at radius 2 is 1.83 bits per heavy atom. The molecular formula is C23H24N4O2. The van der Waals surface area contributed by atoms with Crippen LogP contribution in [0, 0.1) is 0 Å². The van der Waals surface area contributed by atoms with Gasteiger partial charge in [-0.2, -0.15) is 0 Å². The Morgan fingerprint density at radius 3 is 2.55 bits per heavy atom. The number of benzene rings is 1. The summed E-state index contributed by atoms with van der Waals surface area (Å²) in [6.07, 6.45) is 8.55. The molecule has 3 aromatic rings. The maximum absolute atomic E-state index is 13.0. The fraction of sp³-hybridized carbons (Fsp3) is 0.391. The summed E-state index contributed by atoms with van der Waals surface area (Å²) < 4.78 is 1.83. The molecule has 0 spiro atoms. The van der Waals surface area contributed by atoms with Crippen LogP contribution in [0.25, 0.3) is 10.9 Å². The van der Waals surface area contributed by atoms with Gasteiger partial charge in [-0.1, -0.05) is 12.1 Å². The topological polar surface area (TPSA) is 68.1 Å². The van der Waals surface area contributed by atoms with Crippen molar-refractivity contribution in [3.63, 3.8) is 0 Å². The lowest BCUT2D eigenvalue weighted by Gasteiger charge is -2.23. The number of hydrogen-bond acceptors (Lipinski definition) is 4. The Labute approximate surface area is 169 Å². The number of hydrogen-bond donors (Lipinski definition) is 0. The summed E-state index contributed by atoms with van der Waals surface area (Å²) in [5.41, 5.74) is 1.84. The molecular weight excluding hydrogens is 364 g/mol. The number of fused-ring (bicyclic) bond motifs is 1. The largest absolute Gasteiger partial charge is 0.335 e. The molecule has 2 aliphatic rings. The average Bonchev–Trinajstić information content (AvgIpc) is 3.65. The molecule has 0 radical (unpaired) electrons. The Kier molecular flexibility index (Phi) is 4.62. The van der Waals surface area contributed by atoms with Crippen LogP contribution in [0.5, 0.6) is 0 Å². The number of nitrogens with zero attached hydrogens (tertiary/aromatic N) is 4. The normalized spacial score (nSPS) is 16.1. The van der Waals surface area contributed by atoms with E-state index in [2.05, 4.69) is 4.98 Å². The highest BCUT2D eigenvalue weighted by molar-refractivity contribution is 5.78. The van der Waals surface area contributed by atoms with E-state index in [9.17, 15) is 9.59 Å². The average molecular weight is 388 g/mol. The third-order valence-electron chi connectivity index (χ3n) is 5.77. The number of amides is 1. The molecule has 2 saturated carbocycles. The molecule has 0 atom stereocenters. The second kappa shape index (κ2) is 7.43. The van der Waals surface area contributed by atoms with E-state index >= 15 is 0 Å². The highest BCUT2D eigenvalue weighted by Gasteiger charge is 2.33. The zero-order chi connectivity index (χ0) is 19.8. The van der Waals surface area contributed by atoms with Crippen LogP contribution in [0.15, 0.2) is 53.6 Å². The van der Waals surface area contributed by atoms with Crippen molar-refractivity contribution < 1.29 is 4.79 Å². The van der Waals surface area contributed by atoms with Crippen molar-refractivity contribution in [3.05, 3.63) is 70.5 Å². The number of carbonyl (C=O) groups excluding carboxylic acids is 1. The van der Waals surface area contributed by atoms with Crippen molar-refractivity contribution in [1.82, 2.24) is 19.4 Å². The van der Waals surface area contributed by atoms with Gasteiger partial charge in [0.2, 0.25) is 5.91 Å². The summed E-state index contributed by atoms with van der Waals surface area (Å²) in [5.74, 6) is 0.873. The predicted octanol–water partition coefficient (Wildman–Crippen LogP) is 3.25. The van der Waals surface area contributed by atoms with Crippen LogP contribution in [0.4, 0.5) is 0 Å². The number of pyridine rings is 1. The molecule has 6 nitrogen and oxygen atoms in total.